The van der Waals surface area contributed by atoms with Crippen molar-refractivity contribution < 1.29 is 9.59 Å². The fourth-order valence-electron chi connectivity index (χ4n) is 4.57. The number of nitrogens with zero attached hydrogens (tertiary/aromatic N) is 5. The SMILES string of the molecule is Cc1ccc(NC(=O)CSc2nnc(N3C(N)=C(C#N)C(c4cccnc4)C4=C3CCCC4=O)s2)c(Br)c1. The molecule has 1 aromatic carbocycles. The number of aromatic nitrogens is 3. The Labute approximate surface area is 236 Å². The van der Waals surface area contributed by atoms with Crippen LogP contribution in [0.5, 0.6) is 0 Å². The molecule has 3 N–H and O–H groups in total. The van der Waals surface area contributed by atoms with Gasteiger partial charge in [-0.25, -0.2) is 0 Å². The molecule has 12 heteroatoms. The summed E-state index contributed by atoms with van der Waals surface area (Å²) in [5, 5.41) is 22.0. The van der Waals surface area contributed by atoms with Crippen LogP contribution < -0.4 is 16.0 Å². The second-order valence-electron chi connectivity index (χ2n) is 8.77. The number of rotatable bonds is 6. The lowest BCUT2D eigenvalue weighted by molar-refractivity contribution is -0.116. The fourth-order valence-corrected chi connectivity index (χ4v) is 6.84. The summed E-state index contributed by atoms with van der Waals surface area (Å²) in [6.07, 6.45) is 5.02. The van der Waals surface area contributed by atoms with E-state index in [4.69, 9.17) is 5.73 Å². The number of ketones is 1. The average Bonchev–Trinajstić information content (AvgIpc) is 3.37. The van der Waals surface area contributed by atoms with Gasteiger partial charge in [-0.3, -0.25) is 19.5 Å². The number of halogens is 1. The van der Waals surface area contributed by atoms with Gasteiger partial charge in [0, 0.05) is 34.6 Å². The predicted molar refractivity (Wildman–Crippen MR) is 150 cm³/mol. The lowest BCUT2D eigenvalue weighted by Gasteiger charge is -2.37. The zero-order valence-corrected chi connectivity index (χ0v) is 23.5. The van der Waals surface area contributed by atoms with Crippen molar-refractivity contribution in [2.75, 3.05) is 16.0 Å². The van der Waals surface area contributed by atoms with Crippen LogP contribution in [0, 0.1) is 18.3 Å². The number of nitrogens with two attached hydrogens (primary N) is 1. The van der Waals surface area contributed by atoms with Gasteiger partial charge < -0.3 is 11.1 Å². The van der Waals surface area contributed by atoms with Crippen LogP contribution in [-0.4, -0.2) is 32.6 Å². The van der Waals surface area contributed by atoms with E-state index < -0.39 is 5.92 Å². The summed E-state index contributed by atoms with van der Waals surface area (Å²) in [5.41, 5.74) is 10.7. The third-order valence-electron chi connectivity index (χ3n) is 6.24. The van der Waals surface area contributed by atoms with Gasteiger partial charge in [-0.05, 0) is 65.0 Å². The van der Waals surface area contributed by atoms with Crippen LogP contribution in [0.4, 0.5) is 10.8 Å². The average molecular weight is 609 g/mol. The number of Topliss-reactive ketones (excluding diaryl/α,β-unsaturated/α-hetero) is 1. The van der Waals surface area contributed by atoms with Crippen molar-refractivity contribution in [3.8, 4) is 6.07 Å². The predicted octanol–water partition coefficient (Wildman–Crippen LogP) is 5.04. The highest BCUT2D eigenvalue weighted by Crippen LogP contribution is 2.46. The summed E-state index contributed by atoms with van der Waals surface area (Å²) in [7, 11) is 0. The number of benzene rings is 1. The van der Waals surface area contributed by atoms with Crippen molar-refractivity contribution in [1.29, 1.82) is 5.26 Å². The van der Waals surface area contributed by atoms with Crippen LogP contribution in [0.2, 0.25) is 0 Å². The minimum Gasteiger partial charge on any atom is -0.384 e. The molecule has 2 aliphatic rings. The molecule has 1 amide bonds. The van der Waals surface area contributed by atoms with Gasteiger partial charge in [0.25, 0.3) is 0 Å². The van der Waals surface area contributed by atoms with Gasteiger partial charge in [0.15, 0.2) is 10.1 Å². The number of aryl methyl sites for hydroxylation is 1. The number of hydrogen-bond donors (Lipinski definition) is 2. The van der Waals surface area contributed by atoms with Gasteiger partial charge in [-0.2, -0.15) is 5.26 Å². The first-order chi connectivity index (χ1) is 18.4. The van der Waals surface area contributed by atoms with E-state index in [9.17, 15) is 14.9 Å². The molecule has 0 spiro atoms. The third kappa shape index (κ3) is 5.09. The summed E-state index contributed by atoms with van der Waals surface area (Å²) in [5.74, 6) is -0.394. The van der Waals surface area contributed by atoms with E-state index in [-0.39, 0.29) is 28.8 Å². The molecule has 3 heterocycles. The molecule has 9 nitrogen and oxygen atoms in total. The summed E-state index contributed by atoms with van der Waals surface area (Å²) < 4.78 is 1.38. The van der Waals surface area contributed by atoms with E-state index in [0.29, 0.717) is 40.0 Å². The van der Waals surface area contributed by atoms with Crippen LogP contribution in [0.1, 0.15) is 36.3 Å². The number of thioether (sulfide) groups is 1. The van der Waals surface area contributed by atoms with E-state index in [1.165, 1.54) is 23.1 Å². The van der Waals surface area contributed by atoms with Crippen molar-refractivity contribution >= 4 is 61.5 Å². The molecule has 1 aliphatic carbocycles. The van der Waals surface area contributed by atoms with Gasteiger partial charge in [0.2, 0.25) is 11.0 Å². The Morgan fingerprint density at radius 2 is 2.18 bits per heavy atom. The van der Waals surface area contributed by atoms with Crippen molar-refractivity contribution in [3.63, 3.8) is 0 Å². The number of carbonyl (C=O) groups is 2. The van der Waals surface area contributed by atoms with Crippen LogP contribution in [0.15, 0.2) is 74.2 Å². The minimum atomic E-state index is -0.570. The quantitative estimate of drug-likeness (QED) is 0.369. The molecule has 1 aliphatic heterocycles. The second kappa shape index (κ2) is 11.1. The maximum absolute atomic E-state index is 13.2. The Balaban J connectivity index is 1.40. The van der Waals surface area contributed by atoms with Gasteiger partial charge in [-0.1, -0.05) is 35.2 Å². The first-order valence-electron chi connectivity index (χ1n) is 11.8. The van der Waals surface area contributed by atoms with Gasteiger partial charge in [0.05, 0.1) is 29.0 Å². The molecule has 1 atom stereocenters. The number of carbonyl (C=O) groups excluding carboxylic acids is 2. The number of nitriles is 1. The summed E-state index contributed by atoms with van der Waals surface area (Å²) in [6, 6.07) is 11.6. The smallest absolute Gasteiger partial charge is 0.234 e. The van der Waals surface area contributed by atoms with Crippen LogP contribution in [0.3, 0.4) is 0 Å². The number of pyridine rings is 1. The number of allylic oxidation sites excluding steroid dienone is 3. The molecule has 5 rings (SSSR count). The zero-order valence-electron chi connectivity index (χ0n) is 20.3. The maximum atomic E-state index is 13.2. The van der Waals surface area contributed by atoms with Crippen LogP contribution >= 0.6 is 39.0 Å². The largest absolute Gasteiger partial charge is 0.384 e. The second-order valence-corrected chi connectivity index (χ2v) is 11.8. The topological polar surface area (TPSA) is 138 Å². The van der Waals surface area contributed by atoms with E-state index in [1.54, 1.807) is 23.4 Å². The number of nitrogens with one attached hydrogen (secondary N) is 1. The molecule has 3 aromatic rings. The molecule has 2 aromatic heterocycles. The molecule has 0 bridgehead atoms. The summed E-state index contributed by atoms with van der Waals surface area (Å²) in [4.78, 5) is 31.6. The van der Waals surface area contributed by atoms with Gasteiger partial charge >= 0.3 is 0 Å². The van der Waals surface area contributed by atoms with Crippen LogP contribution in [-0.2, 0) is 9.59 Å². The fraction of sp³-hybridized carbons (Fsp3) is 0.231. The molecule has 0 saturated heterocycles. The standard InChI is InChI=1S/C26H22BrN7O2S2/c1-14-7-8-18(17(27)10-14)31-21(36)13-37-26-33-32-25(38-26)34-19-5-2-6-20(35)23(19)22(16(11-28)24(34)29)15-4-3-9-30-12-15/h3-4,7-10,12,22H,2,5-6,13,29H2,1H3,(H,31,36). The highest BCUT2D eigenvalue weighted by Gasteiger charge is 2.41. The first-order valence-corrected chi connectivity index (χ1v) is 14.3. The minimum absolute atomic E-state index is 0.0107. The lowest BCUT2D eigenvalue weighted by atomic mass is 9.76. The van der Waals surface area contributed by atoms with Crippen molar-refractivity contribution in [2.45, 2.75) is 36.4 Å². The van der Waals surface area contributed by atoms with Crippen molar-refractivity contribution in [1.82, 2.24) is 15.2 Å². The summed E-state index contributed by atoms with van der Waals surface area (Å²) >= 11 is 5.98. The number of hydrogen-bond acceptors (Lipinski definition) is 10. The van der Waals surface area contributed by atoms with E-state index >= 15 is 0 Å². The highest BCUT2D eigenvalue weighted by molar-refractivity contribution is 9.10. The maximum Gasteiger partial charge on any atom is 0.234 e. The Kier molecular flexibility index (Phi) is 7.60. The van der Waals surface area contributed by atoms with E-state index in [2.05, 4.69) is 42.5 Å². The molecular weight excluding hydrogens is 586 g/mol. The Bertz CT molecular complexity index is 1530. The number of amides is 1. The lowest BCUT2D eigenvalue weighted by Crippen LogP contribution is -2.38. The van der Waals surface area contributed by atoms with Crippen molar-refractivity contribution in [2.24, 2.45) is 5.73 Å². The molecule has 192 valence electrons. The Morgan fingerprint density at radius 3 is 2.92 bits per heavy atom. The summed E-state index contributed by atoms with van der Waals surface area (Å²) in [6.45, 7) is 1.98. The first kappa shape index (κ1) is 26.1. The van der Waals surface area contributed by atoms with Gasteiger partial charge in [-0.15, -0.1) is 10.2 Å². The molecule has 38 heavy (non-hydrogen) atoms. The molecule has 0 radical (unpaired) electrons. The van der Waals surface area contributed by atoms with Gasteiger partial charge in [0.1, 0.15) is 5.82 Å². The molecular formula is C26H22BrN7O2S2. The molecule has 1 unspecified atom stereocenters. The molecule has 0 fully saturated rings. The number of anilines is 2. The Hall–Kier alpha value is -3.53. The zero-order chi connectivity index (χ0) is 26.8. The van der Waals surface area contributed by atoms with Crippen molar-refractivity contribution in [3.05, 3.63) is 81.0 Å². The third-order valence-corrected chi connectivity index (χ3v) is 8.94. The van der Waals surface area contributed by atoms with E-state index in [0.717, 1.165) is 21.3 Å². The monoisotopic (exact) mass is 607 g/mol. The highest BCUT2D eigenvalue weighted by atomic mass is 79.9. The molecule has 0 saturated carbocycles. The van der Waals surface area contributed by atoms with Crippen LogP contribution in [0.25, 0.3) is 0 Å². The van der Waals surface area contributed by atoms with E-state index in [1.807, 2.05) is 31.2 Å². The normalized spacial score (nSPS) is 17.3. The Morgan fingerprint density at radius 1 is 1.34 bits per heavy atom.